The van der Waals surface area contributed by atoms with Gasteiger partial charge in [-0.05, 0) is 19.1 Å². The second-order valence-corrected chi connectivity index (χ2v) is 4.74. The fourth-order valence-electron chi connectivity index (χ4n) is 2.34. The van der Waals surface area contributed by atoms with Crippen LogP contribution < -0.4 is 5.32 Å². The fraction of sp³-hybridized carbons (Fsp3) is 0.400. The van der Waals surface area contributed by atoms with Crippen LogP contribution in [0.4, 0.5) is 5.82 Å². The van der Waals surface area contributed by atoms with Crippen molar-refractivity contribution in [2.45, 2.75) is 26.4 Å². The van der Waals surface area contributed by atoms with Crippen LogP contribution in [0, 0.1) is 0 Å². The number of rotatable bonds is 4. The van der Waals surface area contributed by atoms with Gasteiger partial charge in [0.1, 0.15) is 11.6 Å². The Balaban J connectivity index is 1.93. The van der Waals surface area contributed by atoms with E-state index < -0.39 is 0 Å². The molecule has 1 N–H and O–H groups in total. The molecule has 0 aromatic carbocycles. The monoisotopic (exact) mass is 270 g/mol. The van der Waals surface area contributed by atoms with Gasteiger partial charge < -0.3 is 10.1 Å². The van der Waals surface area contributed by atoms with Crippen molar-refractivity contribution in [1.82, 2.24) is 15.0 Å². The lowest BCUT2D eigenvalue weighted by Gasteiger charge is -2.19. The number of hydrogen-bond acceptors (Lipinski definition) is 5. The number of aromatic nitrogens is 3. The van der Waals surface area contributed by atoms with Crippen molar-refractivity contribution in [3.05, 3.63) is 47.2 Å². The molecule has 0 radical (unpaired) electrons. The lowest BCUT2D eigenvalue weighted by Crippen LogP contribution is -2.18. The molecule has 0 aliphatic carbocycles. The van der Waals surface area contributed by atoms with Crippen molar-refractivity contribution in [3.63, 3.8) is 0 Å². The highest BCUT2D eigenvalue weighted by molar-refractivity contribution is 5.47. The zero-order chi connectivity index (χ0) is 13.8. The minimum Gasteiger partial charge on any atom is -0.376 e. The van der Waals surface area contributed by atoms with Gasteiger partial charge in [0.05, 0.1) is 25.3 Å². The van der Waals surface area contributed by atoms with Crippen molar-refractivity contribution >= 4 is 5.82 Å². The predicted octanol–water partition coefficient (Wildman–Crippen LogP) is 1.97. The van der Waals surface area contributed by atoms with E-state index in [1.807, 2.05) is 18.2 Å². The van der Waals surface area contributed by atoms with Crippen molar-refractivity contribution in [1.29, 1.82) is 0 Å². The maximum atomic E-state index is 5.51. The van der Waals surface area contributed by atoms with Crippen molar-refractivity contribution in [2.75, 3.05) is 18.5 Å². The summed E-state index contributed by atoms with van der Waals surface area (Å²) in [6.07, 6.45) is 3.31. The summed E-state index contributed by atoms with van der Waals surface area (Å²) >= 11 is 0. The SMILES string of the molecule is CCNc1nc(Cc2ccccn2)nc2c1COCC2. The topological polar surface area (TPSA) is 59.9 Å². The molecule has 0 saturated carbocycles. The number of hydrogen-bond donors (Lipinski definition) is 1. The number of fused-ring (bicyclic) bond motifs is 1. The summed E-state index contributed by atoms with van der Waals surface area (Å²) in [6, 6.07) is 5.90. The van der Waals surface area contributed by atoms with Gasteiger partial charge in [0, 0.05) is 30.4 Å². The summed E-state index contributed by atoms with van der Waals surface area (Å²) in [6.45, 7) is 4.24. The lowest BCUT2D eigenvalue weighted by atomic mass is 10.1. The molecule has 20 heavy (non-hydrogen) atoms. The fourth-order valence-corrected chi connectivity index (χ4v) is 2.34. The highest BCUT2D eigenvalue weighted by Crippen LogP contribution is 2.22. The van der Waals surface area contributed by atoms with Crippen LogP contribution in [0.1, 0.15) is 29.7 Å². The summed E-state index contributed by atoms with van der Waals surface area (Å²) in [7, 11) is 0. The van der Waals surface area contributed by atoms with Crippen LogP contribution in [0.2, 0.25) is 0 Å². The van der Waals surface area contributed by atoms with Crippen LogP contribution in [0.3, 0.4) is 0 Å². The molecule has 104 valence electrons. The Morgan fingerprint density at radius 2 is 2.25 bits per heavy atom. The quantitative estimate of drug-likeness (QED) is 0.920. The molecule has 0 saturated heterocycles. The summed E-state index contributed by atoms with van der Waals surface area (Å²) in [5, 5.41) is 3.31. The van der Waals surface area contributed by atoms with Crippen LogP contribution in [-0.2, 0) is 24.2 Å². The average Bonchev–Trinajstić information content (AvgIpc) is 2.49. The Bertz CT molecular complexity index is 586. The van der Waals surface area contributed by atoms with Gasteiger partial charge in [-0.3, -0.25) is 4.98 Å². The standard InChI is InChI=1S/C15H18N4O/c1-2-16-15-12-10-20-8-6-13(12)18-14(19-15)9-11-5-3-4-7-17-11/h3-5,7H,2,6,8-10H2,1H3,(H,16,18,19). The molecule has 1 aliphatic rings. The molecule has 5 nitrogen and oxygen atoms in total. The maximum absolute atomic E-state index is 5.51. The molecule has 0 atom stereocenters. The van der Waals surface area contributed by atoms with Gasteiger partial charge in [-0.15, -0.1) is 0 Å². The first-order valence-electron chi connectivity index (χ1n) is 6.97. The van der Waals surface area contributed by atoms with E-state index in [1.165, 1.54) is 0 Å². The van der Waals surface area contributed by atoms with E-state index in [0.29, 0.717) is 13.0 Å². The van der Waals surface area contributed by atoms with Crippen LogP contribution in [-0.4, -0.2) is 28.1 Å². The minimum atomic E-state index is 0.599. The Labute approximate surface area is 118 Å². The summed E-state index contributed by atoms with van der Waals surface area (Å²) in [4.78, 5) is 13.6. The molecule has 5 heteroatoms. The van der Waals surface area contributed by atoms with Crippen molar-refractivity contribution in [2.24, 2.45) is 0 Å². The molecule has 2 aromatic heterocycles. The van der Waals surface area contributed by atoms with E-state index in [-0.39, 0.29) is 0 Å². The van der Waals surface area contributed by atoms with Gasteiger partial charge in [-0.2, -0.15) is 0 Å². The highest BCUT2D eigenvalue weighted by Gasteiger charge is 2.18. The molecule has 0 fully saturated rings. The molecule has 1 aliphatic heterocycles. The van der Waals surface area contributed by atoms with Gasteiger partial charge in [0.2, 0.25) is 0 Å². The van der Waals surface area contributed by atoms with Gasteiger partial charge in [0.15, 0.2) is 0 Å². The molecule has 0 spiro atoms. The van der Waals surface area contributed by atoms with E-state index in [2.05, 4.69) is 27.2 Å². The van der Waals surface area contributed by atoms with Crippen LogP contribution in [0.5, 0.6) is 0 Å². The summed E-state index contributed by atoms with van der Waals surface area (Å²) in [5.41, 5.74) is 3.19. The van der Waals surface area contributed by atoms with E-state index in [4.69, 9.17) is 4.74 Å². The number of nitrogens with zero attached hydrogens (tertiary/aromatic N) is 3. The van der Waals surface area contributed by atoms with E-state index in [0.717, 1.165) is 48.2 Å². The Morgan fingerprint density at radius 1 is 1.30 bits per heavy atom. The highest BCUT2D eigenvalue weighted by atomic mass is 16.5. The van der Waals surface area contributed by atoms with Gasteiger partial charge in [0.25, 0.3) is 0 Å². The van der Waals surface area contributed by atoms with Crippen molar-refractivity contribution < 1.29 is 4.74 Å². The average molecular weight is 270 g/mol. The number of anilines is 1. The van der Waals surface area contributed by atoms with Crippen molar-refractivity contribution in [3.8, 4) is 0 Å². The smallest absolute Gasteiger partial charge is 0.136 e. The normalized spacial score (nSPS) is 13.8. The maximum Gasteiger partial charge on any atom is 0.136 e. The van der Waals surface area contributed by atoms with Crippen LogP contribution >= 0.6 is 0 Å². The number of pyridine rings is 1. The van der Waals surface area contributed by atoms with Crippen LogP contribution in [0.15, 0.2) is 24.4 Å². The largest absolute Gasteiger partial charge is 0.376 e. The Morgan fingerprint density at radius 3 is 3.05 bits per heavy atom. The Hall–Kier alpha value is -2.01. The zero-order valence-corrected chi connectivity index (χ0v) is 11.6. The molecular weight excluding hydrogens is 252 g/mol. The van der Waals surface area contributed by atoms with E-state index in [1.54, 1.807) is 6.20 Å². The Kier molecular flexibility index (Phi) is 3.87. The summed E-state index contributed by atoms with van der Waals surface area (Å²) in [5.74, 6) is 1.73. The molecule has 0 bridgehead atoms. The molecule has 0 amide bonds. The first-order chi connectivity index (χ1) is 9.86. The molecule has 3 heterocycles. The van der Waals surface area contributed by atoms with Gasteiger partial charge in [-0.25, -0.2) is 9.97 Å². The molecular formula is C15H18N4O. The second-order valence-electron chi connectivity index (χ2n) is 4.74. The third-order valence-electron chi connectivity index (χ3n) is 3.28. The summed E-state index contributed by atoms with van der Waals surface area (Å²) < 4.78 is 5.51. The first kappa shape index (κ1) is 13.0. The predicted molar refractivity (Wildman–Crippen MR) is 76.6 cm³/mol. The minimum absolute atomic E-state index is 0.599. The second kappa shape index (κ2) is 5.96. The number of nitrogens with one attached hydrogen (secondary N) is 1. The molecule has 3 rings (SSSR count). The van der Waals surface area contributed by atoms with Gasteiger partial charge >= 0.3 is 0 Å². The number of ether oxygens (including phenoxy) is 1. The first-order valence-corrected chi connectivity index (χ1v) is 6.97. The third-order valence-corrected chi connectivity index (χ3v) is 3.28. The molecule has 2 aromatic rings. The third kappa shape index (κ3) is 2.77. The lowest BCUT2D eigenvalue weighted by molar-refractivity contribution is 0.109. The zero-order valence-electron chi connectivity index (χ0n) is 11.6. The van der Waals surface area contributed by atoms with Crippen LogP contribution in [0.25, 0.3) is 0 Å². The van der Waals surface area contributed by atoms with Gasteiger partial charge in [-0.1, -0.05) is 6.07 Å². The molecule has 0 unspecified atom stereocenters. The van der Waals surface area contributed by atoms with E-state index >= 15 is 0 Å². The van der Waals surface area contributed by atoms with E-state index in [9.17, 15) is 0 Å².